The van der Waals surface area contributed by atoms with E-state index in [0.29, 0.717) is 5.75 Å². The minimum atomic E-state index is -4.00. The highest BCUT2D eigenvalue weighted by Gasteiger charge is 2.87. The Bertz CT molecular complexity index is 834. The Morgan fingerprint density at radius 1 is 1.42 bits per heavy atom. The van der Waals surface area contributed by atoms with Crippen molar-refractivity contribution in [2.45, 2.75) is 48.6 Å². The van der Waals surface area contributed by atoms with Gasteiger partial charge in [0, 0.05) is 12.5 Å². The molecule has 0 aromatic heterocycles. The van der Waals surface area contributed by atoms with Crippen LogP contribution in [-0.2, 0) is 34.5 Å². The van der Waals surface area contributed by atoms with Crippen LogP contribution in [0.5, 0.6) is 5.75 Å². The maximum absolute atomic E-state index is 12.9. The van der Waals surface area contributed by atoms with Gasteiger partial charge in [0.2, 0.25) is 5.60 Å². The van der Waals surface area contributed by atoms with Crippen LogP contribution in [0.1, 0.15) is 18.1 Å². The largest absolute Gasteiger partial charge is 0.530 e. The molecule has 11 heteroatoms. The maximum atomic E-state index is 12.9. The number of fused-ring (bicyclic) bond motifs is 2. The van der Waals surface area contributed by atoms with Crippen molar-refractivity contribution in [2.75, 3.05) is 0 Å². The van der Waals surface area contributed by atoms with Gasteiger partial charge >= 0.3 is 13.8 Å². The van der Waals surface area contributed by atoms with Crippen LogP contribution in [0.4, 0.5) is 0 Å². The minimum absolute atomic E-state index is 0.0412. The topological polar surface area (TPSA) is 80.3 Å². The molecule has 1 saturated carbocycles. The monoisotopic (exact) mass is 418 g/mol. The second-order valence-electron chi connectivity index (χ2n) is 6.44. The maximum Gasteiger partial charge on any atom is 0.530 e. The van der Waals surface area contributed by atoms with E-state index in [-0.39, 0.29) is 6.61 Å². The summed E-state index contributed by atoms with van der Waals surface area (Å²) in [6, 6.07) is 4.24. The number of phosphoric acid groups is 1. The normalized spacial score (nSPS) is 39.5. The Morgan fingerprint density at radius 3 is 2.85 bits per heavy atom. The summed E-state index contributed by atoms with van der Waals surface area (Å²) in [5.41, 5.74) is 0.169. The number of halogens is 2. The molecule has 0 bridgehead atoms. The quantitative estimate of drug-likeness (QED) is 0.323. The first-order valence-corrected chi connectivity index (χ1v) is 10.0. The summed E-state index contributed by atoms with van der Waals surface area (Å²) >= 11 is 12.5. The molecule has 0 spiro atoms. The third-order valence-corrected chi connectivity index (χ3v) is 6.91. The number of aryl methyl sites for hydroxylation is 1. The Labute approximate surface area is 161 Å². The molecule has 4 rings (SSSR count). The van der Waals surface area contributed by atoms with Crippen LogP contribution in [0.2, 0.25) is 0 Å². The number of alkyl halides is 2. The molecule has 2 heterocycles. The van der Waals surface area contributed by atoms with Crippen LogP contribution in [0, 0.1) is 6.92 Å². The highest BCUT2D eigenvalue weighted by molar-refractivity contribution is 7.49. The first-order chi connectivity index (χ1) is 12.1. The van der Waals surface area contributed by atoms with Gasteiger partial charge < -0.3 is 14.0 Å². The SMILES string of the molecule is [B]C1OC2C(OP3(=O)OCc4cc(C)ccc4O3)C2(OC(C)=O)C1(Cl)Cl. The van der Waals surface area contributed by atoms with Crippen molar-refractivity contribution in [1.82, 2.24) is 0 Å². The van der Waals surface area contributed by atoms with E-state index in [9.17, 15) is 9.36 Å². The number of benzene rings is 1. The number of ether oxygens (including phenoxy) is 2. The molecule has 1 aromatic carbocycles. The van der Waals surface area contributed by atoms with Gasteiger partial charge in [0.1, 0.15) is 25.8 Å². The van der Waals surface area contributed by atoms with Crippen molar-refractivity contribution in [3.8, 4) is 5.75 Å². The number of rotatable bonds is 3. The number of carbonyl (C=O) groups excluding carboxylic acids is 1. The fourth-order valence-electron chi connectivity index (χ4n) is 3.28. The van der Waals surface area contributed by atoms with Gasteiger partial charge in [-0.1, -0.05) is 40.9 Å². The predicted molar refractivity (Wildman–Crippen MR) is 92.4 cm³/mol. The van der Waals surface area contributed by atoms with Crippen molar-refractivity contribution in [1.29, 1.82) is 0 Å². The van der Waals surface area contributed by atoms with Gasteiger partial charge in [-0.05, 0) is 13.0 Å². The first-order valence-electron chi connectivity index (χ1n) is 7.79. The number of phosphoric ester groups is 1. The van der Waals surface area contributed by atoms with E-state index in [1.54, 1.807) is 6.07 Å². The molecule has 1 aliphatic carbocycles. The molecular weight excluding hydrogens is 405 g/mol. The summed E-state index contributed by atoms with van der Waals surface area (Å²) in [4.78, 5) is 11.5. The van der Waals surface area contributed by atoms with Crippen molar-refractivity contribution >= 4 is 44.8 Å². The van der Waals surface area contributed by atoms with Crippen LogP contribution < -0.4 is 4.52 Å². The number of hydrogen-bond donors (Lipinski definition) is 0. The van der Waals surface area contributed by atoms with Crippen LogP contribution in [-0.4, -0.2) is 42.0 Å². The van der Waals surface area contributed by atoms with Gasteiger partial charge in [0.15, 0.2) is 4.33 Å². The standard InChI is InChI=1S/C15H14BCl2O7P/c1-7-3-4-10-9(5-7)6-21-26(20,24-10)25-12-11-14(12,23-8(2)19)15(17,18)13(16)22-11/h3-5,11-13H,6H2,1-2H3. The second-order valence-corrected chi connectivity index (χ2v) is 9.37. The van der Waals surface area contributed by atoms with Gasteiger partial charge in [0.25, 0.3) is 0 Å². The Morgan fingerprint density at radius 2 is 2.15 bits per heavy atom. The van der Waals surface area contributed by atoms with Gasteiger partial charge in [0.05, 0.1) is 12.6 Å². The van der Waals surface area contributed by atoms with Crippen LogP contribution in [0.25, 0.3) is 0 Å². The van der Waals surface area contributed by atoms with Crippen molar-refractivity contribution in [3.05, 3.63) is 29.3 Å². The van der Waals surface area contributed by atoms with E-state index >= 15 is 0 Å². The van der Waals surface area contributed by atoms with Crippen LogP contribution in [0.3, 0.4) is 0 Å². The van der Waals surface area contributed by atoms with Gasteiger partial charge in [-0.25, -0.2) is 4.57 Å². The van der Waals surface area contributed by atoms with E-state index in [1.807, 2.05) is 19.1 Å². The fourth-order valence-corrected chi connectivity index (χ4v) is 5.30. The van der Waals surface area contributed by atoms with E-state index < -0.39 is 41.9 Å². The lowest BCUT2D eigenvalue weighted by Crippen LogP contribution is -2.47. The molecule has 3 aliphatic rings. The third kappa shape index (κ3) is 2.62. The first kappa shape index (κ1) is 18.6. The molecule has 7 nitrogen and oxygen atoms in total. The molecule has 0 amide bonds. The Balaban J connectivity index is 1.57. The summed E-state index contributed by atoms with van der Waals surface area (Å²) in [6.45, 7) is 3.14. The molecule has 138 valence electrons. The molecule has 2 fully saturated rings. The Hall–Kier alpha value is -0.755. The average molecular weight is 419 g/mol. The zero-order valence-electron chi connectivity index (χ0n) is 13.8. The lowest BCUT2D eigenvalue weighted by Gasteiger charge is -2.31. The van der Waals surface area contributed by atoms with E-state index in [0.717, 1.165) is 11.1 Å². The fraction of sp³-hybridized carbons (Fsp3) is 0.533. The molecule has 5 atom stereocenters. The molecule has 26 heavy (non-hydrogen) atoms. The van der Waals surface area contributed by atoms with E-state index in [1.165, 1.54) is 6.92 Å². The summed E-state index contributed by atoms with van der Waals surface area (Å²) in [5, 5.41) is 0. The van der Waals surface area contributed by atoms with Crippen LogP contribution in [0.15, 0.2) is 18.2 Å². The summed E-state index contributed by atoms with van der Waals surface area (Å²) in [6.07, 6.45) is -1.92. The molecule has 0 N–H and O–H groups in total. The van der Waals surface area contributed by atoms with E-state index in [4.69, 9.17) is 54.1 Å². The second kappa shape index (κ2) is 5.87. The van der Waals surface area contributed by atoms with Crippen LogP contribution >= 0.6 is 31.0 Å². The van der Waals surface area contributed by atoms with Crippen molar-refractivity contribution < 1.29 is 32.4 Å². The summed E-state index contributed by atoms with van der Waals surface area (Å²) in [5.74, 6) is -0.271. The zero-order valence-corrected chi connectivity index (χ0v) is 16.2. The molecule has 2 radical (unpaired) electrons. The number of hydrogen-bond acceptors (Lipinski definition) is 7. The molecule has 5 unspecified atom stereocenters. The number of esters is 1. The van der Waals surface area contributed by atoms with Gasteiger partial charge in [-0.2, -0.15) is 0 Å². The molecular formula is C15H14BCl2O7P. The molecule has 2 aliphatic heterocycles. The minimum Gasteiger partial charge on any atom is -0.450 e. The molecule has 1 aromatic rings. The highest BCUT2D eigenvalue weighted by atomic mass is 35.5. The summed E-state index contributed by atoms with van der Waals surface area (Å²) < 4.78 is 38.1. The number of carbonyl (C=O) groups is 1. The Kier molecular flexibility index (Phi) is 4.20. The van der Waals surface area contributed by atoms with Crippen molar-refractivity contribution in [2.24, 2.45) is 0 Å². The average Bonchev–Trinajstić information content (AvgIpc) is 3.06. The molecule has 1 saturated heterocycles. The van der Waals surface area contributed by atoms with Crippen molar-refractivity contribution in [3.63, 3.8) is 0 Å². The van der Waals surface area contributed by atoms with Gasteiger partial charge in [-0.3, -0.25) is 13.8 Å². The lowest BCUT2D eigenvalue weighted by atomic mass is 9.93. The van der Waals surface area contributed by atoms with Gasteiger partial charge in [-0.15, -0.1) is 0 Å². The third-order valence-electron chi connectivity index (χ3n) is 4.54. The highest BCUT2D eigenvalue weighted by Crippen LogP contribution is 2.69. The predicted octanol–water partition coefficient (Wildman–Crippen LogP) is 2.78. The smallest absolute Gasteiger partial charge is 0.450 e. The zero-order chi connectivity index (χ0) is 18.9. The lowest BCUT2D eigenvalue weighted by molar-refractivity contribution is -0.151. The summed E-state index contributed by atoms with van der Waals surface area (Å²) in [7, 11) is 1.74. The van der Waals surface area contributed by atoms with E-state index in [2.05, 4.69) is 0 Å².